The number of nitrogens with zero attached hydrogens (tertiary/aromatic N) is 2. The quantitative estimate of drug-likeness (QED) is 0.848. The first-order valence-electron chi connectivity index (χ1n) is 7.01. The molecule has 100 valence electrons. The summed E-state index contributed by atoms with van der Waals surface area (Å²) in [5, 5.41) is 5.54. The highest BCUT2D eigenvalue weighted by Gasteiger charge is 2.09. The summed E-state index contributed by atoms with van der Waals surface area (Å²) in [4.78, 5) is 9.03. The Kier molecular flexibility index (Phi) is 4.08. The lowest BCUT2D eigenvalue weighted by Gasteiger charge is -2.17. The highest BCUT2D eigenvalue weighted by molar-refractivity contribution is 7.07. The third-order valence-electron chi connectivity index (χ3n) is 3.55. The number of hydrogen-bond acceptors (Lipinski definition) is 4. The molecule has 0 aromatic carbocycles. The van der Waals surface area contributed by atoms with Crippen LogP contribution in [0.25, 0.3) is 0 Å². The Bertz CT molecular complexity index is 522. The highest BCUT2D eigenvalue weighted by Crippen LogP contribution is 2.20. The van der Waals surface area contributed by atoms with E-state index in [2.05, 4.69) is 27.8 Å². The molecule has 1 aliphatic heterocycles. The van der Waals surface area contributed by atoms with E-state index < -0.39 is 0 Å². The minimum atomic E-state index is 1.06. The van der Waals surface area contributed by atoms with Gasteiger partial charge < -0.3 is 5.32 Å². The smallest absolute Gasteiger partial charge is 0.129 e. The van der Waals surface area contributed by atoms with Gasteiger partial charge in [0.05, 0.1) is 11.2 Å². The maximum absolute atomic E-state index is 4.72. The Balaban J connectivity index is 1.50. The fourth-order valence-electron chi connectivity index (χ4n) is 2.48. The summed E-state index contributed by atoms with van der Waals surface area (Å²) >= 11 is 1.68. The molecule has 3 rings (SSSR count). The van der Waals surface area contributed by atoms with Crippen LogP contribution in [0.1, 0.15) is 36.2 Å². The van der Waals surface area contributed by atoms with Crippen LogP contribution in [0.15, 0.2) is 23.0 Å². The summed E-state index contributed by atoms with van der Waals surface area (Å²) in [5.74, 6) is 1.11. The molecule has 0 amide bonds. The standard InChI is InChI=1S/C15H19N3S/c1(2-6-14-10-19-11-17-14)5-13-8-7-12-4-3-9-16-15(12)18-13/h7-8,10-11H,1-6,9H2,(H,16,18). The molecular weight excluding hydrogens is 254 g/mol. The zero-order valence-electron chi connectivity index (χ0n) is 11.1. The van der Waals surface area contributed by atoms with Crippen molar-refractivity contribution in [1.82, 2.24) is 9.97 Å². The Morgan fingerprint density at radius 3 is 2.89 bits per heavy atom. The van der Waals surface area contributed by atoms with Gasteiger partial charge in [-0.1, -0.05) is 6.07 Å². The molecule has 0 unspecified atom stereocenters. The van der Waals surface area contributed by atoms with Crippen LogP contribution in [-0.2, 0) is 19.3 Å². The minimum Gasteiger partial charge on any atom is -0.370 e. The van der Waals surface area contributed by atoms with Gasteiger partial charge in [-0.25, -0.2) is 9.97 Å². The van der Waals surface area contributed by atoms with E-state index in [0.717, 1.165) is 25.2 Å². The van der Waals surface area contributed by atoms with Crippen LogP contribution < -0.4 is 5.32 Å². The fraction of sp³-hybridized carbons (Fsp3) is 0.467. The van der Waals surface area contributed by atoms with E-state index in [1.807, 2.05) is 5.51 Å². The van der Waals surface area contributed by atoms with Gasteiger partial charge in [0.25, 0.3) is 0 Å². The largest absolute Gasteiger partial charge is 0.370 e. The minimum absolute atomic E-state index is 1.06. The molecule has 0 fully saturated rings. The average molecular weight is 273 g/mol. The Hall–Kier alpha value is -1.42. The lowest BCUT2D eigenvalue weighted by atomic mass is 10.1. The lowest BCUT2D eigenvalue weighted by molar-refractivity contribution is 0.712. The summed E-state index contributed by atoms with van der Waals surface area (Å²) in [6, 6.07) is 4.43. The second kappa shape index (κ2) is 6.15. The van der Waals surface area contributed by atoms with Gasteiger partial charge >= 0.3 is 0 Å². The Labute approximate surface area is 118 Å². The van der Waals surface area contributed by atoms with Crippen molar-refractivity contribution in [3.63, 3.8) is 0 Å². The van der Waals surface area contributed by atoms with Crippen LogP contribution in [0.3, 0.4) is 0 Å². The van der Waals surface area contributed by atoms with E-state index in [4.69, 9.17) is 4.98 Å². The molecule has 0 bridgehead atoms. The van der Waals surface area contributed by atoms with Gasteiger partial charge in [-0.3, -0.25) is 0 Å². The maximum Gasteiger partial charge on any atom is 0.129 e. The van der Waals surface area contributed by atoms with E-state index in [1.54, 1.807) is 11.3 Å². The second-order valence-corrected chi connectivity index (χ2v) is 5.75. The predicted octanol–water partition coefficient (Wildman–Crippen LogP) is 3.46. The monoisotopic (exact) mass is 273 g/mol. The van der Waals surface area contributed by atoms with E-state index in [9.17, 15) is 0 Å². The Morgan fingerprint density at radius 2 is 2.05 bits per heavy atom. The number of aryl methyl sites for hydroxylation is 3. The third kappa shape index (κ3) is 3.32. The van der Waals surface area contributed by atoms with Crippen molar-refractivity contribution in [1.29, 1.82) is 0 Å². The number of unbranched alkanes of at least 4 members (excludes halogenated alkanes) is 1. The zero-order valence-corrected chi connectivity index (χ0v) is 11.9. The van der Waals surface area contributed by atoms with Gasteiger partial charge in [0.1, 0.15) is 5.82 Å². The van der Waals surface area contributed by atoms with Gasteiger partial charge in [-0.05, 0) is 50.2 Å². The topological polar surface area (TPSA) is 37.8 Å². The molecule has 0 aliphatic carbocycles. The molecule has 1 N–H and O–H groups in total. The van der Waals surface area contributed by atoms with Crippen LogP contribution in [-0.4, -0.2) is 16.5 Å². The summed E-state index contributed by atoms with van der Waals surface area (Å²) in [5.41, 5.74) is 5.72. The van der Waals surface area contributed by atoms with Crippen molar-refractivity contribution in [3.8, 4) is 0 Å². The van der Waals surface area contributed by atoms with Crippen LogP contribution in [0.5, 0.6) is 0 Å². The average Bonchev–Trinajstić information content (AvgIpc) is 2.97. The van der Waals surface area contributed by atoms with E-state index in [-0.39, 0.29) is 0 Å². The van der Waals surface area contributed by atoms with Gasteiger partial charge in [0, 0.05) is 17.6 Å². The van der Waals surface area contributed by atoms with Gasteiger partial charge in [-0.15, -0.1) is 11.3 Å². The predicted molar refractivity (Wildman–Crippen MR) is 79.8 cm³/mol. The fourth-order valence-corrected chi connectivity index (χ4v) is 3.07. The maximum atomic E-state index is 4.72. The molecule has 3 nitrogen and oxygen atoms in total. The van der Waals surface area contributed by atoms with Crippen LogP contribution in [0.4, 0.5) is 5.82 Å². The van der Waals surface area contributed by atoms with E-state index >= 15 is 0 Å². The number of nitrogens with one attached hydrogen (secondary N) is 1. The molecule has 0 atom stereocenters. The molecule has 0 saturated heterocycles. The first-order valence-corrected chi connectivity index (χ1v) is 7.96. The number of aromatic nitrogens is 2. The normalized spacial score (nSPS) is 13.9. The van der Waals surface area contributed by atoms with Crippen LogP contribution >= 0.6 is 11.3 Å². The second-order valence-electron chi connectivity index (χ2n) is 5.03. The third-order valence-corrected chi connectivity index (χ3v) is 4.19. The van der Waals surface area contributed by atoms with Crippen molar-refractivity contribution < 1.29 is 0 Å². The Morgan fingerprint density at radius 1 is 1.16 bits per heavy atom. The summed E-state index contributed by atoms with van der Waals surface area (Å²) in [7, 11) is 0. The van der Waals surface area contributed by atoms with Crippen molar-refractivity contribution in [3.05, 3.63) is 40.0 Å². The van der Waals surface area contributed by atoms with E-state index in [0.29, 0.717) is 0 Å². The molecule has 0 saturated carbocycles. The molecule has 0 spiro atoms. The highest BCUT2D eigenvalue weighted by atomic mass is 32.1. The zero-order chi connectivity index (χ0) is 12.9. The van der Waals surface area contributed by atoms with Crippen molar-refractivity contribution in [2.45, 2.75) is 38.5 Å². The van der Waals surface area contributed by atoms with E-state index in [1.165, 1.54) is 42.6 Å². The first-order chi connectivity index (χ1) is 9.42. The number of hydrogen-bond donors (Lipinski definition) is 1. The molecule has 4 heteroatoms. The summed E-state index contributed by atoms with van der Waals surface area (Å²) < 4.78 is 0. The number of fused-ring (bicyclic) bond motifs is 1. The number of rotatable bonds is 5. The lowest BCUT2D eigenvalue weighted by Crippen LogP contribution is -2.14. The molecule has 19 heavy (non-hydrogen) atoms. The van der Waals surface area contributed by atoms with Crippen molar-refractivity contribution in [2.24, 2.45) is 0 Å². The van der Waals surface area contributed by atoms with Crippen LogP contribution in [0, 0.1) is 0 Å². The molecule has 0 radical (unpaired) electrons. The number of anilines is 1. The molecule has 2 aromatic rings. The molecule has 1 aliphatic rings. The number of thiazole rings is 1. The molecular formula is C15H19N3S. The van der Waals surface area contributed by atoms with Crippen LogP contribution in [0.2, 0.25) is 0 Å². The molecule has 3 heterocycles. The SMILES string of the molecule is c1nc(CCCCc2ccc3c(n2)NCCC3)cs1. The van der Waals surface area contributed by atoms with Gasteiger partial charge in [-0.2, -0.15) is 0 Å². The summed E-state index contributed by atoms with van der Waals surface area (Å²) in [6.45, 7) is 1.06. The van der Waals surface area contributed by atoms with Crippen molar-refractivity contribution >= 4 is 17.2 Å². The number of pyridine rings is 1. The first kappa shape index (κ1) is 12.6. The van der Waals surface area contributed by atoms with Crippen molar-refractivity contribution in [2.75, 3.05) is 11.9 Å². The summed E-state index contributed by atoms with van der Waals surface area (Å²) in [6.07, 6.45) is 6.92. The van der Waals surface area contributed by atoms with Gasteiger partial charge in [0.2, 0.25) is 0 Å². The van der Waals surface area contributed by atoms with Gasteiger partial charge in [0.15, 0.2) is 0 Å². The molecule has 2 aromatic heterocycles.